The molecule has 3 heterocycles. The number of hydrogen-bond acceptors (Lipinski definition) is 5. The molecule has 0 saturated heterocycles. The SMILES string of the molecule is Cc1cc(C)cc(OCc2csc(C(=O)Nc3cnn(Cc4cn(C)nc4C)c3)c2)c1. The van der Waals surface area contributed by atoms with Crippen LogP contribution in [0.1, 0.15) is 37.6 Å². The molecule has 0 fully saturated rings. The molecule has 1 aromatic carbocycles. The zero-order valence-electron chi connectivity index (χ0n) is 18.0. The summed E-state index contributed by atoms with van der Waals surface area (Å²) in [6.07, 6.45) is 5.45. The van der Waals surface area contributed by atoms with Gasteiger partial charge >= 0.3 is 0 Å². The molecule has 0 aliphatic rings. The molecule has 31 heavy (non-hydrogen) atoms. The second kappa shape index (κ2) is 8.77. The third kappa shape index (κ3) is 5.21. The number of hydrogen-bond donors (Lipinski definition) is 1. The van der Waals surface area contributed by atoms with E-state index in [1.54, 1.807) is 15.6 Å². The van der Waals surface area contributed by atoms with Crippen molar-refractivity contribution >= 4 is 22.9 Å². The van der Waals surface area contributed by atoms with Gasteiger partial charge in [-0.2, -0.15) is 10.2 Å². The minimum Gasteiger partial charge on any atom is -0.489 e. The van der Waals surface area contributed by atoms with Gasteiger partial charge in [0.2, 0.25) is 0 Å². The number of aryl methyl sites for hydroxylation is 4. The lowest BCUT2D eigenvalue weighted by Crippen LogP contribution is -2.09. The molecule has 160 valence electrons. The number of nitrogens with zero attached hydrogens (tertiary/aromatic N) is 4. The Morgan fingerprint density at radius 1 is 1.13 bits per heavy atom. The molecule has 1 amide bonds. The topological polar surface area (TPSA) is 74.0 Å². The number of carbonyl (C=O) groups excluding carboxylic acids is 1. The maximum atomic E-state index is 12.6. The Hall–Kier alpha value is -3.39. The molecule has 7 nitrogen and oxygen atoms in total. The van der Waals surface area contributed by atoms with Crippen LogP contribution in [0.2, 0.25) is 0 Å². The third-order valence-electron chi connectivity index (χ3n) is 4.82. The number of anilines is 1. The van der Waals surface area contributed by atoms with E-state index in [2.05, 4.69) is 21.6 Å². The summed E-state index contributed by atoms with van der Waals surface area (Å²) < 4.78 is 9.47. The highest BCUT2D eigenvalue weighted by Gasteiger charge is 2.12. The minimum absolute atomic E-state index is 0.153. The zero-order valence-corrected chi connectivity index (χ0v) is 18.9. The second-order valence-electron chi connectivity index (χ2n) is 7.73. The highest BCUT2D eigenvalue weighted by atomic mass is 32.1. The van der Waals surface area contributed by atoms with Crippen molar-refractivity contribution in [3.05, 3.63) is 81.1 Å². The third-order valence-corrected chi connectivity index (χ3v) is 5.79. The summed E-state index contributed by atoms with van der Waals surface area (Å²) in [6, 6.07) is 8.00. The summed E-state index contributed by atoms with van der Waals surface area (Å²) in [5.74, 6) is 0.686. The Kier molecular flexibility index (Phi) is 5.90. The van der Waals surface area contributed by atoms with E-state index in [9.17, 15) is 4.79 Å². The molecule has 0 atom stereocenters. The number of amides is 1. The number of aromatic nitrogens is 4. The molecule has 8 heteroatoms. The highest BCUT2D eigenvalue weighted by molar-refractivity contribution is 7.12. The fourth-order valence-electron chi connectivity index (χ4n) is 3.44. The van der Waals surface area contributed by atoms with Crippen molar-refractivity contribution < 1.29 is 9.53 Å². The van der Waals surface area contributed by atoms with Crippen LogP contribution >= 0.6 is 11.3 Å². The van der Waals surface area contributed by atoms with Crippen LogP contribution in [0.5, 0.6) is 5.75 Å². The summed E-state index contributed by atoms with van der Waals surface area (Å²) in [7, 11) is 1.90. The van der Waals surface area contributed by atoms with E-state index in [1.807, 2.05) is 63.8 Å². The molecule has 0 aliphatic heterocycles. The number of carbonyl (C=O) groups is 1. The maximum absolute atomic E-state index is 12.6. The van der Waals surface area contributed by atoms with Gasteiger partial charge in [0.25, 0.3) is 5.91 Å². The number of thiophene rings is 1. The average molecular weight is 436 g/mol. The van der Waals surface area contributed by atoms with Gasteiger partial charge in [0.1, 0.15) is 12.4 Å². The first-order chi connectivity index (χ1) is 14.9. The van der Waals surface area contributed by atoms with Crippen molar-refractivity contribution in [2.75, 3.05) is 5.32 Å². The molecular formula is C23H25N5O2S. The molecule has 3 aromatic heterocycles. The van der Waals surface area contributed by atoms with Crippen molar-refractivity contribution in [3.63, 3.8) is 0 Å². The number of rotatable bonds is 7. The molecule has 0 unspecified atom stereocenters. The Balaban J connectivity index is 1.34. The lowest BCUT2D eigenvalue weighted by molar-refractivity contribution is 0.103. The van der Waals surface area contributed by atoms with E-state index < -0.39 is 0 Å². The quantitative estimate of drug-likeness (QED) is 0.464. The predicted octanol–water partition coefficient (Wildman–Crippen LogP) is 4.48. The monoisotopic (exact) mass is 435 g/mol. The summed E-state index contributed by atoms with van der Waals surface area (Å²) >= 11 is 1.40. The molecule has 0 saturated carbocycles. The largest absolute Gasteiger partial charge is 0.489 e. The fraction of sp³-hybridized carbons (Fsp3) is 0.261. The first-order valence-corrected chi connectivity index (χ1v) is 10.8. The predicted molar refractivity (Wildman–Crippen MR) is 122 cm³/mol. The average Bonchev–Trinajstić information content (AvgIpc) is 3.41. The van der Waals surface area contributed by atoms with E-state index in [4.69, 9.17) is 4.74 Å². The lowest BCUT2D eigenvalue weighted by atomic mass is 10.1. The maximum Gasteiger partial charge on any atom is 0.265 e. The Labute approximate surface area is 185 Å². The van der Waals surface area contributed by atoms with Gasteiger partial charge < -0.3 is 10.1 Å². The van der Waals surface area contributed by atoms with Crippen LogP contribution in [0.4, 0.5) is 5.69 Å². The summed E-state index contributed by atoms with van der Waals surface area (Å²) in [5.41, 5.74) is 6.03. The minimum atomic E-state index is -0.153. The van der Waals surface area contributed by atoms with Gasteiger partial charge in [-0.25, -0.2) is 0 Å². The zero-order chi connectivity index (χ0) is 22.0. The van der Waals surface area contributed by atoms with Crippen LogP contribution in [0.15, 0.2) is 48.2 Å². The standard InChI is InChI=1S/C23H25N5O2S/c1-15-5-16(2)7-21(6-15)30-13-18-8-22(31-14-18)23(29)25-20-9-24-28(12-20)11-19-10-27(4)26-17(19)3/h5-10,12,14H,11,13H2,1-4H3,(H,25,29). The van der Waals surface area contributed by atoms with Gasteiger partial charge in [0, 0.05) is 30.6 Å². The van der Waals surface area contributed by atoms with Crippen LogP contribution in [0.25, 0.3) is 0 Å². The Bertz CT molecular complexity index is 1200. The van der Waals surface area contributed by atoms with E-state index in [1.165, 1.54) is 22.5 Å². The van der Waals surface area contributed by atoms with Crippen molar-refractivity contribution in [2.24, 2.45) is 7.05 Å². The molecule has 0 radical (unpaired) electrons. The molecule has 0 aliphatic carbocycles. The molecule has 1 N–H and O–H groups in total. The van der Waals surface area contributed by atoms with Crippen molar-refractivity contribution in [1.29, 1.82) is 0 Å². The summed E-state index contributed by atoms with van der Waals surface area (Å²) in [6.45, 7) is 7.10. The van der Waals surface area contributed by atoms with E-state index in [0.29, 0.717) is 23.7 Å². The van der Waals surface area contributed by atoms with Crippen LogP contribution < -0.4 is 10.1 Å². The van der Waals surface area contributed by atoms with E-state index in [0.717, 1.165) is 22.6 Å². The Morgan fingerprint density at radius 3 is 2.61 bits per heavy atom. The molecule has 0 spiro atoms. The summed E-state index contributed by atoms with van der Waals surface area (Å²) in [4.78, 5) is 13.3. The van der Waals surface area contributed by atoms with Gasteiger partial charge in [0.05, 0.1) is 29.0 Å². The van der Waals surface area contributed by atoms with Gasteiger partial charge in [-0.05, 0) is 55.5 Å². The van der Waals surface area contributed by atoms with Gasteiger partial charge in [0.15, 0.2) is 0 Å². The van der Waals surface area contributed by atoms with Crippen LogP contribution in [-0.4, -0.2) is 25.5 Å². The summed E-state index contributed by atoms with van der Waals surface area (Å²) in [5, 5.41) is 13.5. The normalized spacial score (nSPS) is 11.0. The number of benzene rings is 1. The first-order valence-electron chi connectivity index (χ1n) is 9.97. The van der Waals surface area contributed by atoms with E-state index >= 15 is 0 Å². The van der Waals surface area contributed by atoms with Crippen molar-refractivity contribution in [1.82, 2.24) is 19.6 Å². The van der Waals surface area contributed by atoms with Gasteiger partial charge in [-0.3, -0.25) is 14.2 Å². The van der Waals surface area contributed by atoms with Gasteiger partial charge in [-0.1, -0.05) is 6.07 Å². The van der Waals surface area contributed by atoms with Gasteiger partial charge in [-0.15, -0.1) is 11.3 Å². The van der Waals surface area contributed by atoms with Crippen molar-refractivity contribution in [3.8, 4) is 5.75 Å². The first kappa shape index (κ1) is 20.9. The molecule has 4 rings (SSSR count). The molecular weight excluding hydrogens is 410 g/mol. The molecule has 0 bridgehead atoms. The number of ether oxygens (including phenoxy) is 1. The van der Waals surface area contributed by atoms with Crippen LogP contribution in [0, 0.1) is 20.8 Å². The van der Waals surface area contributed by atoms with Crippen LogP contribution in [-0.2, 0) is 20.2 Å². The van der Waals surface area contributed by atoms with Crippen molar-refractivity contribution in [2.45, 2.75) is 33.9 Å². The van der Waals surface area contributed by atoms with Crippen LogP contribution in [0.3, 0.4) is 0 Å². The smallest absolute Gasteiger partial charge is 0.265 e. The second-order valence-corrected chi connectivity index (χ2v) is 8.64. The van der Waals surface area contributed by atoms with E-state index in [-0.39, 0.29) is 5.91 Å². The molecule has 4 aromatic rings. The highest BCUT2D eigenvalue weighted by Crippen LogP contribution is 2.21. The Morgan fingerprint density at radius 2 is 1.90 bits per heavy atom. The number of nitrogens with one attached hydrogen (secondary N) is 1. The fourth-order valence-corrected chi connectivity index (χ4v) is 4.23. The lowest BCUT2D eigenvalue weighted by Gasteiger charge is -2.07.